The number of thioether (sulfide) groups is 1. The number of hydrogen-bond acceptors (Lipinski definition) is 7. The number of hydrogen-bond donors (Lipinski definition) is 1. The quantitative estimate of drug-likeness (QED) is 0.584. The Kier molecular flexibility index (Phi) is 7.58. The molecule has 1 heterocycles. The van der Waals surface area contributed by atoms with Gasteiger partial charge in [0.1, 0.15) is 27.9 Å². The zero-order valence-electron chi connectivity index (χ0n) is 18.4. The number of benzene rings is 2. The van der Waals surface area contributed by atoms with Gasteiger partial charge in [-0.2, -0.15) is 0 Å². The highest BCUT2D eigenvalue weighted by atomic mass is 32.2. The number of carbonyl (C=O) groups excluding carboxylic acids is 2. The van der Waals surface area contributed by atoms with Crippen LogP contribution in [-0.2, 0) is 14.3 Å². The summed E-state index contributed by atoms with van der Waals surface area (Å²) in [6.45, 7) is 3.67. The molecule has 0 spiro atoms. The highest BCUT2D eigenvalue weighted by Crippen LogP contribution is 2.42. The summed E-state index contributed by atoms with van der Waals surface area (Å²) in [5.41, 5.74) is 0.647. The second kappa shape index (κ2) is 10.4. The number of amides is 1. The Morgan fingerprint density at radius 3 is 2.50 bits per heavy atom. The van der Waals surface area contributed by atoms with Gasteiger partial charge in [0.15, 0.2) is 0 Å². The van der Waals surface area contributed by atoms with Gasteiger partial charge in [-0.25, -0.2) is 9.79 Å². The van der Waals surface area contributed by atoms with Gasteiger partial charge in [-0.15, -0.1) is 0 Å². The fraction of sp³-hybridized carbons (Fsp3) is 0.292. The lowest BCUT2D eigenvalue weighted by molar-refractivity contribution is -0.138. The molecule has 1 aliphatic heterocycles. The third-order valence-electron chi connectivity index (χ3n) is 4.78. The lowest BCUT2D eigenvalue weighted by atomic mass is 10.0. The maximum Gasteiger partial charge on any atom is 0.344 e. The number of esters is 1. The summed E-state index contributed by atoms with van der Waals surface area (Å²) in [6, 6.07) is 9.27. The summed E-state index contributed by atoms with van der Waals surface area (Å²) in [5.74, 6) is -0.0317. The lowest BCUT2D eigenvalue weighted by Crippen LogP contribution is -2.14. The average Bonchev–Trinajstić information content (AvgIpc) is 3.08. The van der Waals surface area contributed by atoms with Crippen LogP contribution in [0.1, 0.15) is 32.3 Å². The van der Waals surface area contributed by atoms with E-state index in [-0.39, 0.29) is 35.3 Å². The van der Waals surface area contributed by atoms with Crippen LogP contribution in [0.4, 0.5) is 0 Å². The van der Waals surface area contributed by atoms with Crippen LogP contribution in [0, 0.1) is 0 Å². The highest BCUT2D eigenvalue weighted by molar-refractivity contribution is 8.18. The van der Waals surface area contributed by atoms with Crippen LogP contribution in [0.15, 0.2) is 51.6 Å². The van der Waals surface area contributed by atoms with Crippen molar-refractivity contribution in [1.29, 1.82) is 0 Å². The van der Waals surface area contributed by atoms with E-state index in [9.17, 15) is 14.7 Å². The summed E-state index contributed by atoms with van der Waals surface area (Å²) in [5, 5.41) is 12.6. The maximum absolute atomic E-state index is 12.5. The molecular formula is C24H25NO6S. The number of aliphatic hydroxyl groups is 1. The van der Waals surface area contributed by atoms with E-state index in [0.29, 0.717) is 22.8 Å². The van der Waals surface area contributed by atoms with Gasteiger partial charge in [-0.1, -0.05) is 36.9 Å². The van der Waals surface area contributed by atoms with Crippen molar-refractivity contribution in [2.45, 2.75) is 26.7 Å². The second-order valence-electron chi connectivity index (χ2n) is 6.86. The Hall–Kier alpha value is -3.26. The molecule has 0 unspecified atom stereocenters. The van der Waals surface area contributed by atoms with Crippen LogP contribution >= 0.6 is 11.8 Å². The van der Waals surface area contributed by atoms with Crippen molar-refractivity contribution in [3.8, 4) is 11.5 Å². The van der Waals surface area contributed by atoms with Crippen molar-refractivity contribution < 1.29 is 28.9 Å². The van der Waals surface area contributed by atoms with Gasteiger partial charge < -0.3 is 19.3 Å². The van der Waals surface area contributed by atoms with E-state index in [1.807, 2.05) is 37.3 Å². The van der Waals surface area contributed by atoms with Crippen LogP contribution in [0.25, 0.3) is 16.8 Å². The number of fused-ring (bicyclic) bond motifs is 1. The van der Waals surface area contributed by atoms with E-state index in [0.717, 1.165) is 28.1 Å². The Bertz CT molecular complexity index is 1150. The number of aliphatic imine (C=N–C) groups is 1. The Labute approximate surface area is 190 Å². The molecule has 0 bridgehead atoms. The third-order valence-corrected chi connectivity index (χ3v) is 5.80. The number of ether oxygens (including phenoxy) is 3. The predicted octanol–water partition coefficient (Wildman–Crippen LogP) is 5.05. The number of nitrogens with zero attached hydrogens (tertiary/aromatic N) is 1. The lowest BCUT2D eigenvalue weighted by Gasteiger charge is -2.12. The Balaban J connectivity index is 2.17. The van der Waals surface area contributed by atoms with Gasteiger partial charge in [0.2, 0.25) is 5.91 Å². The molecule has 7 nitrogen and oxygen atoms in total. The number of methoxy groups -OCH3 is 2. The zero-order valence-corrected chi connectivity index (χ0v) is 19.2. The molecule has 0 fully saturated rings. The van der Waals surface area contributed by atoms with E-state index < -0.39 is 5.97 Å². The summed E-state index contributed by atoms with van der Waals surface area (Å²) in [4.78, 5) is 29.0. The van der Waals surface area contributed by atoms with Gasteiger partial charge in [-0.3, -0.25) is 4.79 Å². The van der Waals surface area contributed by atoms with Crippen molar-refractivity contribution in [1.82, 2.24) is 0 Å². The maximum atomic E-state index is 12.5. The largest absolute Gasteiger partial charge is 0.506 e. The summed E-state index contributed by atoms with van der Waals surface area (Å²) in [6.07, 6.45) is 2.61. The first-order chi connectivity index (χ1) is 15.4. The molecule has 168 valence electrons. The second-order valence-corrected chi connectivity index (χ2v) is 7.89. The standard InChI is InChI=1S/C24H25NO6S/c1-5-8-19(26)25-23-21(24(28)31-6-2)22(27)18(32-23)13-14-11-12-16(29-3)15-9-7-10-17(30-4)20(14)15/h7,9-13,27H,5-6,8H2,1-4H3/b18-13-,25-23?. The fourth-order valence-corrected chi connectivity index (χ4v) is 4.38. The van der Waals surface area contributed by atoms with E-state index >= 15 is 0 Å². The van der Waals surface area contributed by atoms with Gasteiger partial charge in [0.05, 0.1) is 25.7 Å². The molecule has 2 aromatic rings. The molecule has 0 radical (unpaired) electrons. The zero-order chi connectivity index (χ0) is 23.3. The molecule has 0 aromatic heterocycles. The molecule has 0 aliphatic carbocycles. The third kappa shape index (κ3) is 4.65. The molecule has 0 saturated heterocycles. The van der Waals surface area contributed by atoms with Crippen molar-refractivity contribution in [2.75, 3.05) is 20.8 Å². The van der Waals surface area contributed by atoms with Crippen molar-refractivity contribution in [3.63, 3.8) is 0 Å². The minimum atomic E-state index is -0.721. The predicted molar refractivity (Wildman–Crippen MR) is 126 cm³/mol. The van der Waals surface area contributed by atoms with Crippen LogP contribution in [-0.4, -0.2) is 42.9 Å². The Morgan fingerprint density at radius 2 is 1.84 bits per heavy atom. The van der Waals surface area contributed by atoms with Crippen LogP contribution < -0.4 is 9.47 Å². The first-order valence-electron chi connectivity index (χ1n) is 10.2. The first kappa shape index (κ1) is 23.4. The van der Waals surface area contributed by atoms with Gasteiger partial charge in [0.25, 0.3) is 0 Å². The average molecular weight is 456 g/mol. The van der Waals surface area contributed by atoms with Crippen molar-refractivity contribution in [3.05, 3.63) is 52.1 Å². The summed E-state index contributed by atoms with van der Waals surface area (Å²) in [7, 11) is 3.17. The van der Waals surface area contributed by atoms with Crippen molar-refractivity contribution in [2.24, 2.45) is 4.99 Å². The number of carbonyl (C=O) groups is 2. The van der Waals surface area contributed by atoms with E-state index in [1.54, 1.807) is 27.2 Å². The molecule has 32 heavy (non-hydrogen) atoms. The summed E-state index contributed by atoms with van der Waals surface area (Å²) >= 11 is 1.06. The topological polar surface area (TPSA) is 94.4 Å². The minimum Gasteiger partial charge on any atom is -0.506 e. The van der Waals surface area contributed by atoms with Gasteiger partial charge >= 0.3 is 5.97 Å². The minimum absolute atomic E-state index is 0.0997. The van der Waals surface area contributed by atoms with Gasteiger partial charge in [-0.05, 0) is 37.1 Å². The van der Waals surface area contributed by atoms with Gasteiger partial charge in [0, 0.05) is 17.2 Å². The normalized spacial score (nSPS) is 16.1. The highest BCUT2D eigenvalue weighted by Gasteiger charge is 2.34. The van der Waals surface area contributed by atoms with Crippen LogP contribution in [0.3, 0.4) is 0 Å². The van der Waals surface area contributed by atoms with Crippen LogP contribution in [0.2, 0.25) is 0 Å². The molecule has 0 atom stereocenters. The molecule has 0 saturated carbocycles. The van der Waals surface area contributed by atoms with E-state index in [1.165, 1.54) is 0 Å². The molecule has 8 heteroatoms. The SMILES string of the molecule is CCCC(=O)N=C1S/C(=C\c2ccc(OC)c3cccc(OC)c23)C(O)=C1C(=O)OCC. The molecule has 1 N–H and O–H groups in total. The Morgan fingerprint density at radius 1 is 1.09 bits per heavy atom. The smallest absolute Gasteiger partial charge is 0.344 e. The van der Waals surface area contributed by atoms with Crippen molar-refractivity contribution >= 4 is 45.5 Å². The first-order valence-corrected chi connectivity index (χ1v) is 11.0. The van der Waals surface area contributed by atoms with E-state index in [4.69, 9.17) is 14.2 Å². The number of aliphatic hydroxyl groups excluding tert-OH is 1. The molecule has 1 aliphatic rings. The molecule has 1 amide bonds. The molecule has 2 aromatic carbocycles. The van der Waals surface area contributed by atoms with Crippen LogP contribution in [0.5, 0.6) is 11.5 Å². The molecular weight excluding hydrogens is 430 g/mol. The number of rotatable bonds is 7. The summed E-state index contributed by atoms with van der Waals surface area (Å²) < 4.78 is 16.1. The fourth-order valence-electron chi connectivity index (χ4n) is 3.36. The van der Waals surface area contributed by atoms with E-state index in [2.05, 4.69) is 4.99 Å². The molecule has 3 rings (SSSR count). The monoisotopic (exact) mass is 455 g/mol.